The van der Waals surface area contributed by atoms with Crippen LogP contribution in [0.5, 0.6) is 0 Å². The largest absolute Gasteiger partial charge is 0.379 e. The normalized spacial score (nSPS) is 30.8. The van der Waals surface area contributed by atoms with Gasteiger partial charge in [-0.2, -0.15) is 0 Å². The van der Waals surface area contributed by atoms with Gasteiger partial charge in [-0.05, 0) is 58.5 Å². The summed E-state index contributed by atoms with van der Waals surface area (Å²) in [5.41, 5.74) is 2.02. The number of ether oxygens (including phenoxy) is 1. The molecule has 3 atom stereocenters. The van der Waals surface area contributed by atoms with Gasteiger partial charge in [0, 0.05) is 44.5 Å². The van der Waals surface area contributed by atoms with Crippen molar-refractivity contribution in [1.29, 1.82) is 0 Å². The third-order valence-electron chi connectivity index (χ3n) is 8.01. The number of hydrogen-bond acceptors (Lipinski definition) is 5. The average Bonchev–Trinajstić information content (AvgIpc) is 3.11. The number of nitrogens with one attached hydrogen (secondary N) is 1. The number of rotatable bonds is 6. The van der Waals surface area contributed by atoms with Crippen molar-refractivity contribution >= 4 is 5.91 Å². The molecular weight excluding hydrogens is 378 g/mol. The van der Waals surface area contributed by atoms with Gasteiger partial charge in [0.1, 0.15) is 0 Å². The minimum atomic E-state index is -0.225. The molecule has 1 saturated carbocycles. The number of nitrogens with zero attached hydrogens (tertiary/aromatic N) is 4. The van der Waals surface area contributed by atoms with Crippen LogP contribution in [0.2, 0.25) is 0 Å². The van der Waals surface area contributed by atoms with E-state index >= 15 is 0 Å². The maximum Gasteiger partial charge on any atom is 0.227 e. The lowest BCUT2D eigenvalue weighted by atomic mass is 9.61. The van der Waals surface area contributed by atoms with Gasteiger partial charge < -0.3 is 19.5 Å². The van der Waals surface area contributed by atoms with Crippen molar-refractivity contribution in [2.24, 2.45) is 11.3 Å². The van der Waals surface area contributed by atoms with E-state index in [1.54, 1.807) is 0 Å². The number of amides is 1. The van der Waals surface area contributed by atoms with E-state index < -0.39 is 0 Å². The van der Waals surface area contributed by atoms with Gasteiger partial charge in [0.25, 0.3) is 0 Å². The van der Waals surface area contributed by atoms with Crippen molar-refractivity contribution in [1.82, 2.24) is 24.7 Å². The lowest BCUT2D eigenvalue weighted by molar-refractivity contribution is -0.145. The minimum absolute atomic E-state index is 0.225. The maximum absolute atomic E-state index is 13.6. The van der Waals surface area contributed by atoms with Crippen LogP contribution in [0.3, 0.4) is 0 Å². The fourth-order valence-corrected chi connectivity index (χ4v) is 5.87. The highest BCUT2D eigenvalue weighted by molar-refractivity contribution is 5.83. The predicted octanol–water partition coefficient (Wildman–Crippen LogP) is 1.83. The molecule has 7 nitrogen and oxygen atoms in total. The van der Waals surface area contributed by atoms with Crippen LogP contribution in [0.1, 0.15) is 44.0 Å². The first-order chi connectivity index (χ1) is 14.5. The number of imidazole rings is 1. The number of morpholine rings is 1. The minimum Gasteiger partial charge on any atom is -0.379 e. The summed E-state index contributed by atoms with van der Waals surface area (Å²) in [6.07, 6.45) is 6.31. The van der Waals surface area contributed by atoms with Crippen molar-refractivity contribution in [2.75, 3.05) is 52.5 Å². The van der Waals surface area contributed by atoms with Crippen molar-refractivity contribution in [3.05, 3.63) is 17.7 Å². The molecule has 1 aliphatic carbocycles. The maximum atomic E-state index is 13.6. The molecule has 1 aromatic heterocycles. The van der Waals surface area contributed by atoms with Crippen LogP contribution >= 0.6 is 0 Å². The zero-order valence-electron chi connectivity index (χ0n) is 19.0. The molecule has 30 heavy (non-hydrogen) atoms. The fraction of sp³-hybridized carbons (Fsp3) is 0.826. The highest BCUT2D eigenvalue weighted by Crippen LogP contribution is 2.47. The molecule has 1 aromatic rings. The Morgan fingerprint density at radius 1 is 1.27 bits per heavy atom. The van der Waals surface area contributed by atoms with Crippen LogP contribution in [0.4, 0.5) is 0 Å². The average molecular weight is 418 g/mol. The van der Waals surface area contributed by atoms with Crippen LogP contribution < -0.4 is 5.32 Å². The molecule has 3 heterocycles. The summed E-state index contributed by atoms with van der Waals surface area (Å²) in [6, 6.07) is 0.615. The number of aromatic nitrogens is 2. The first-order valence-electron chi connectivity index (χ1n) is 11.8. The monoisotopic (exact) mass is 417 g/mol. The van der Waals surface area contributed by atoms with Crippen LogP contribution in [-0.2, 0) is 16.1 Å². The molecule has 168 valence electrons. The smallest absolute Gasteiger partial charge is 0.227 e. The van der Waals surface area contributed by atoms with Crippen molar-refractivity contribution < 1.29 is 9.53 Å². The summed E-state index contributed by atoms with van der Waals surface area (Å²) < 4.78 is 7.69. The standard InChI is InChI=1S/C23H39N5O2/c1-4-26-9-6-20-15-21(27-11-13-30-14-12-27)5-7-23(20,16-26)22(29)24-8-10-28-17-25-18(2)19(28)3/h17,20-21H,4-16H2,1-3H3,(H,24,29)/t20-,21+,23-/m1/s1. The van der Waals surface area contributed by atoms with Gasteiger partial charge >= 0.3 is 0 Å². The molecule has 1 amide bonds. The first kappa shape index (κ1) is 21.8. The topological polar surface area (TPSA) is 62.6 Å². The van der Waals surface area contributed by atoms with E-state index in [1.807, 2.05) is 13.3 Å². The summed E-state index contributed by atoms with van der Waals surface area (Å²) in [5, 5.41) is 3.32. The summed E-state index contributed by atoms with van der Waals surface area (Å²) in [5.74, 6) is 0.764. The molecular formula is C23H39N5O2. The van der Waals surface area contributed by atoms with Crippen LogP contribution in [0.15, 0.2) is 6.33 Å². The number of likely N-dealkylation sites (tertiary alicyclic amines) is 1. The third-order valence-corrected chi connectivity index (χ3v) is 8.01. The van der Waals surface area contributed by atoms with E-state index in [1.165, 1.54) is 5.69 Å². The van der Waals surface area contributed by atoms with Gasteiger partial charge in [-0.15, -0.1) is 0 Å². The first-order valence-corrected chi connectivity index (χ1v) is 11.8. The Kier molecular flexibility index (Phi) is 6.80. The highest BCUT2D eigenvalue weighted by atomic mass is 16.5. The molecule has 0 radical (unpaired) electrons. The highest BCUT2D eigenvalue weighted by Gasteiger charge is 2.52. The van der Waals surface area contributed by atoms with E-state index in [2.05, 4.69) is 38.5 Å². The Labute approximate surface area is 181 Å². The van der Waals surface area contributed by atoms with Gasteiger partial charge in [-0.25, -0.2) is 4.98 Å². The van der Waals surface area contributed by atoms with Crippen molar-refractivity contribution in [3.63, 3.8) is 0 Å². The molecule has 3 aliphatic rings. The molecule has 1 N–H and O–H groups in total. The lowest BCUT2D eigenvalue weighted by Crippen LogP contribution is -2.61. The van der Waals surface area contributed by atoms with Crippen molar-refractivity contribution in [2.45, 2.75) is 59.0 Å². The number of carbonyl (C=O) groups excluding carboxylic acids is 1. The Balaban J connectivity index is 1.41. The van der Waals surface area contributed by atoms with E-state index in [0.29, 0.717) is 18.5 Å². The molecule has 7 heteroatoms. The Morgan fingerprint density at radius 2 is 2.07 bits per heavy atom. The summed E-state index contributed by atoms with van der Waals surface area (Å²) in [7, 11) is 0. The molecule has 2 aliphatic heterocycles. The number of fused-ring (bicyclic) bond motifs is 1. The molecule has 0 unspecified atom stereocenters. The van der Waals surface area contributed by atoms with Crippen LogP contribution in [0.25, 0.3) is 0 Å². The van der Waals surface area contributed by atoms with Gasteiger partial charge in [-0.1, -0.05) is 6.92 Å². The number of aryl methyl sites for hydroxylation is 1. The van der Waals surface area contributed by atoms with Gasteiger partial charge in [0.05, 0.1) is 30.7 Å². The fourth-order valence-electron chi connectivity index (χ4n) is 5.87. The second-order valence-electron chi connectivity index (χ2n) is 9.45. The van der Waals surface area contributed by atoms with E-state index in [0.717, 1.165) is 83.9 Å². The van der Waals surface area contributed by atoms with Gasteiger partial charge in [-0.3, -0.25) is 9.69 Å². The summed E-state index contributed by atoms with van der Waals surface area (Å²) in [4.78, 5) is 23.0. The Morgan fingerprint density at radius 3 is 2.77 bits per heavy atom. The molecule has 4 rings (SSSR count). The summed E-state index contributed by atoms with van der Waals surface area (Å²) >= 11 is 0. The van der Waals surface area contributed by atoms with Crippen LogP contribution in [0, 0.1) is 25.2 Å². The van der Waals surface area contributed by atoms with E-state index in [9.17, 15) is 4.79 Å². The Bertz CT molecular complexity index is 729. The molecule has 0 aromatic carbocycles. The van der Waals surface area contributed by atoms with E-state index in [4.69, 9.17) is 4.74 Å². The molecule has 3 fully saturated rings. The van der Waals surface area contributed by atoms with Gasteiger partial charge in [0.15, 0.2) is 0 Å². The predicted molar refractivity (Wildman–Crippen MR) is 117 cm³/mol. The van der Waals surface area contributed by atoms with E-state index in [-0.39, 0.29) is 11.3 Å². The Hall–Kier alpha value is -1.44. The summed E-state index contributed by atoms with van der Waals surface area (Å²) in [6.45, 7) is 14.6. The number of carbonyl (C=O) groups is 1. The molecule has 0 bridgehead atoms. The molecule has 2 saturated heterocycles. The van der Waals surface area contributed by atoms with Crippen LogP contribution in [-0.4, -0.2) is 83.8 Å². The SMILES string of the molecule is CCN1CC[C@@H]2C[C@@H](N3CCOCC3)CC[C@@]2(C(=O)NCCn2cnc(C)c2C)C1. The lowest BCUT2D eigenvalue weighted by Gasteiger charge is -2.53. The zero-order chi connectivity index (χ0) is 21.1. The van der Waals surface area contributed by atoms with Crippen molar-refractivity contribution in [3.8, 4) is 0 Å². The third kappa shape index (κ3) is 4.30. The van der Waals surface area contributed by atoms with Gasteiger partial charge in [0.2, 0.25) is 5.91 Å². The zero-order valence-corrected chi connectivity index (χ0v) is 19.0. The number of piperidine rings is 1. The molecule has 0 spiro atoms. The number of hydrogen-bond donors (Lipinski definition) is 1. The second-order valence-corrected chi connectivity index (χ2v) is 9.45. The quantitative estimate of drug-likeness (QED) is 0.765. The second kappa shape index (κ2) is 9.37.